The topological polar surface area (TPSA) is 127 Å². The Labute approximate surface area is 232 Å². The molecule has 0 aliphatic heterocycles. The SMILES string of the molecule is CCOc1cc(C(c2c(-c3ccc(C)cc3)[nH][nH]c2=O)c2c(-c3ccc(C)cc3)[nH][nH]c2=O)cc(I)c1O. The minimum Gasteiger partial charge on any atom is -0.504 e. The highest BCUT2D eigenvalue weighted by Gasteiger charge is 2.32. The van der Waals surface area contributed by atoms with Gasteiger partial charge in [-0.25, -0.2) is 0 Å². The van der Waals surface area contributed by atoms with Crippen LogP contribution in [0.4, 0.5) is 0 Å². The molecule has 9 heteroatoms. The van der Waals surface area contributed by atoms with Gasteiger partial charge in [0, 0.05) is 5.92 Å². The Kier molecular flexibility index (Phi) is 7.02. The predicted molar refractivity (Wildman–Crippen MR) is 156 cm³/mol. The molecule has 0 spiro atoms. The average molecular weight is 622 g/mol. The summed E-state index contributed by atoms with van der Waals surface area (Å²) in [5, 5.41) is 22.2. The van der Waals surface area contributed by atoms with Gasteiger partial charge in [-0.3, -0.25) is 30.0 Å². The number of nitrogens with one attached hydrogen (secondary N) is 4. The van der Waals surface area contributed by atoms with Crippen LogP contribution < -0.4 is 15.9 Å². The second-order valence-corrected chi connectivity index (χ2v) is 10.3. The van der Waals surface area contributed by atoms with E-state index in [-0.39, 0.29) is 22.6 Å². The highest BCUT2D eigenvalue weighted by Crippen LogP contribution is 2.42. The predicted octanol–water partition coefficient (Wildman–Crippen LogP) is 5.56. The number of H-pyrrole nitrogens is 4. The second kappa shape index (κ2) is 10.4. The van der Waals surface area contributed by atoms with Crippen LogP contribution in [-0.4, -0.2) is 32.1 Å². The van der Waals surface area contributed by atoms with Crippen LogP contribution in [0.5, 0.6) is 11.5 Å². The Morgan fingerprint density at radius 1 is 0.789 bits per heavy atom. The Balaban J connectivity index is 1.83. The Hall–Kier alpha value is -3.99. The Morgan fingerprint density at radius 2 is 1.26 bits per heavy atom. The molecule has 5 aromatic rings. The first-order valence-corrected chi connectivity index (χ1v) is 13.3. The molecular weight excluding hydrogens is 595 g/mol. The summed E-state index contributed by atoms with van der Waals surface area (Å²) in [4.78, 5) is 26.9. The standard InChI is InChI=1S/C29H27IN4O4/c1-4-38-21-14-19(13-20(30)27(21)35)22(23-25(31-33-28(23)36)17-9-5-15(2)6-10-17)24-26(32-34-29(24)37)18-11-7-16(3)8-12-18/h5-14,22,35H,4H2,1-3H3,(H2,31,33,36)(H2,32,34,37). The van der Waals surface area contributed by atoms with Gasteiger partial charge in [0.2, 0.25) is 0 Å². The number of benzene rings is 3. The molecule has 0 radical (unpaired) electrons. The highest BCUT2D eigenvalue weighted by atomic mass is 127. The number of halogens is 1. The van der Waals surface area contributed by atoms with Crippen LogP contribution in [0.15, 0.2) is 70.3 Å². The van der Waals surface area contributed by atoms with E-state index >= 15 is 0 Å². The molecule has 0 bridgehead atoms. The molecule has 5 N–H and O–H groups in total. The van der Waals surface area contributed by atoms with E-state index in [9.17, 15) is 14.7 Å². The zero-order valence-corrected chi connectivity index (χ0v) is 23.3. The van der Waals surface area contributed by atoms with Gasteiger partial charge < -0.3 is 9.84 Å². The zero-order valence-electron chi connectivity index (χ0n) is 21.1. The quantitative estimate of drug-likeness (QED) is 0.152. The summed E-state index contributed by atoms with van der Waals surface area (Å²) in [6.45, 7) is 6.16. The summed E-state index contributed by atoms with van der Waals surface area (Å²) in [6, 6.07) is 19.1. The van der Waals surface area contributed by atoms with Gasteiger partial charge in [0.15, 0.2) is 11.5 Å². The van der Waals surface area contributed by atoms with E-state index in [1.165, 1.54) is 0 Å². The molecule has 2 heterocycles. The van der Waals surface area contributed by atoms with Crippen molar-refractivity contribution in [2.75, 3.05) is 6.61 Å². The lowest BCUT2D eigenvalue weighted by Gasteiger charge is -2.20. The summed E-state index contributed by atoms with van der Waals surface area (Å²) in [7, 11) is 0. The van der Waals surface area contributed by atoms with Crippen molar-refractivity contribution in [3.05, 3.63) is 113 Å². The molecular formula is C29H27IN4O4. The number of phenols is 1. The van der Waals surface area contributed by atoms with E-state index in [1.807, 2.05) is 91.9 Å². The Morgan fingerprint density at radius 3 is 1.71 bits per heavy atom. The monoisotopic (exact) mass is 622 g/mol. The molecule has 0 saturated carbocycles. The minimum atomic E-state index is -0.791. The summed E-state index contributed by atoms with van der Waals surface area (Å²) < 4.78 is 6.26. The lowest BCUT2D eigenvalue weighted by atomic mass is 9.83. The number of rotatable bonds is 7. The largest absolute Gasteiger partial charge is 0.504 e. The van der Waals surface area contributed by atoms with Crippen molar-refractivity contribution in [1.29, 1.82) is 0 Å². The molecule has 0 unspecified atom stereocenters. The first-order valence-electron chi connectivity index (χ1n) is 12.2. The summed E-state index contributed by atoms with van der Waals surface area (Å²) in [5.74, 6) is -0.494. The van der Waals surface area contributed by atoms with Gasteiger partial charge in [0.05, 0.1) is 32.7 Å². The fourth-order valence-electron chi connectivity index (χ4n) is 4.69. The maximum Gasteiger partial charge on any atom is 0.268 e. The second-order valence-electron chi connectivity index (χ2n) is 9.18. The van der Waals surface area contributed by atoms with Crippen molar-refractivity contribution in [1.82, 2.24) is 20.4 Å². The average Bonchev–Trinajstić information content (AvgIpc) is 3.47. The van der Waals surface area contributed by atoms with E-state index in [2.05, 4.69) is 20.4 Å². The van der Waals surface area contributed by atoms with Crippen LogP contribution in [0.2, 0.25) is 0 Å². The molecule has 38 heavy (non-hydrogen) atoms. The highest BCUT2D eigenvalue weighted by molar-refractivity contribution is 14.1. The lowest BCUT2D eigenvalue weighted by molar-refractivity contribution is 0.316. The van der Waals surface area contributed by atoms with E-state index < -0.39 is 5.92 Å². The number of aromatic amines is 4. The smallest absolute Gasteiger partial charge is 0.268 e. The maximum absolute atomic E-state index is 13.5. The van der Waals surface area contributed by atoms with E-state index in [4.69, 9.17) is 4.74 Å². The number of hydrogen-bond acceptors (Lipinski definition) is 4. The molecule has 0 atom stereocenters. The summed E-state index contributed by atoms with van der Waals surface area (Å²) in [5.41, 5.74) is 5.65. The molecule has 194 valence electrons. The van der Waals surface area contributed by atoms with Gasteiger partial charge in [0.1, 0.15) is 0 Å². The normalized spacial score (nSPS) is 11.3. The van der Waals surface area contributed by atoms with Crippen molar-refractivity contribution in [2.24, 2.45) is 0 Å². The molecule has 0 amide bonds. The van der Waals surface area contributed by atoms with Gasteiger partial charge in [0.25, 0.3) is 11.1 Å². The van der Waals surface area contributed by atoms with E-state index in [0.29, 0.717) is 38.3 Å². The van der Waals surface area contributed by atoms with E-state index in [0.717, 1.165) is 22.3 Å². The van der Waals surface area contributed by atoms with Crippen molar-refractivity contribution < 1.29 is 9.84 Å². The van der Waals surface area contributed by atoms with Gasteiger partial charge in [-0.15, -0.1) is 0 Å². The lowest BCUT2D eigenvalue weighted by Crippen LogP contribution is -2.20. The van der Waals surface area contributed by atoms with Crippen molar-refractivity contribution in [3.63, 3.8) is 0 Å². The Bertz CT molecular complexity index is 1610. The molecule has 0 aliphatic carbocycles. The zero-order chi connectivity index (χ0) is 27.0. The van der Waals surface area contributed by atoms with Gasteiger partial charge in [-0.1, -0.05) is 59.7 Å². The van der Waals surface area contributed by atoms with Crippen LogP contribution in [-0.2, 0) is 0 Å². The maximum atomic E-state index is 13.5. The number of hydrogen-bond donors (Lipinski definition) is 5. The number of aryl methyl sites for hydroxylation is 2. The minimum absolute atomic E-state index is 0.0124. The van der Waals surface area contributed by atoms with Crippen LogP contribution in [0, 0.1) is 17.4 Å². The molecule has 0 aliphatic rings. The number of phenolic OH excluding ortho intramolecular Hbond substituents is 1. The molecule has 2 aromatic heterocycles. The number of aromatic hydroxyl groups is 1. The van der Waals surface area contributed by atoms with Crippen LogP contribution in [0.3, 0.4) is 0 Å². The molecule has 3 aromatic carbocycles. The van der Waals surface area contributed by atoms with Gasteiger partial charge in [-0.05, 0) is 72.2 Å². The van der Waals surface area contributed by atoms with E-state index in [1.54, 1.807) is 12.1 Å². The van der Waals surface area contributed by atoms with Crippen LogP contribution in [0.25, 0.3) is 22.5 Å². The van der Waals surface area contributed by atoms with Crippen molar-refractivity contribution >= 4 is 22.6 Å². The first-order chi connectivity index (χ1) is 18.3. The first kappa shape index (κ1) is 25.7. The number of aromatic nitrogens is 4. The third kappa shape index (κ3) is 4.69. The molecule has 8 nitrogen and oxygen atoms in total. The van der Waals surface area contributed by atoms with Crippen molar-refractivity contribution in [3.8, 4) is 34.0 Å². The summed E-state index contributed by atoms with van der Waals surface area (Å²) >= 11 is 2.03. The van der Waals surface area contributed by atoms with Gasteiger partial charge >= 0.3 is 0 Å². The number of ether oxygens (including phenoxy) is 1. The molecule has 0 fully saturated rings. The fraction of sp³-hybridized carbons (Fsp3) is 0.172. The molecule has 0 saturated heterocycles. The fourth-order valence-corrected chi connectivity index (χ4v) is 5.31. The van der Waals surface area contributed by atoms with Crippen LogP contribution >= 0.6 is 22.6 Å². The summed E-state index contributed by atoms with van der Waals surface area (Å²) in [6.07, 6.45) is 0. The van der Waals surface area contributed by atoms with Crippen LogP contribution in [0.1, 0.15) is 40.7 Å². The molecule has 5 rings (SSSR count). The van der Waals surface area contributed by atoms with Gasteiger partial charge in [-0.2, -0.15) is 0 Å². The van der Waals surface area contributed by atoms with Crippen molar-refractivity contribution in [2.45, 2.75) is 26.7 Å². The third-order valence-corrected chi connectivity index (χ3v) is 7.39. The third-order valence-electron chi connectivity index (χ3n) is 6.57.